The van der Waals surface area contributed by atoms with Crippen LogP contribution in [-0.2, 0) is 0 Å². The molecule has 0 unspecified atom stereocenters. The molecule has 0 bridgehead atoms. The van der Waals surface area contributed by atoms with Gasteiger partial charge in [-0.2, -0.15) is 0 Å². The summed E-state index contributed by atoms with van der Waals surface area (Å²) in [5.41, 5.74) is 0.911. The molecule has 0 aliphatic carbocycles. The van der Waals surface area contributed by atoms with E-state index in [0.29, 0.717) is 7.14 Å². The molecule has 0 amide bonds. The third-order valence-corrected chi connectivity index (χ3v) is 4.15. The number of aryl methyl sites for hydroxylation is 1. The average Bonchev–Trinajstić information content (AvgIpc) is 2.74. The van der Waals surface area contributed by atoms with E-state index >= 15 is 0 Å². The first-order valence-corrected chi connectivity index (χ1v) is 7.52. The summed E-state index contributed by atoms with van der Waals surface area (Å²) in [4.78, 5) is 10.4. The second-order valence-electron chi connectivity index (χ2n) is 3.90. The van der Waals surface area contributed by atoms with Crippen LogP contribution in [0.15, 0.2) is 16.7 Å². The SMILES string of the molecule is Cc1noc(/C=C\c2cc(I)c(O)c(I)c2)c1[N+](=O)[O-]. The first-order chi connectivity index (χ1) is 9.40. The van der Waals surface area contributed by atoms with Crippen molar-refractivity contribution in [1.82, 2.24) is 5.16 Å². The lowest BCUT2D eigenvalue weighted by Crippen LogP contribution is -1.90. The Kier molecular flexibility index (Phi) is 4.62. The summed E-state index contributed by atoms with van der Waals surface area (Å²) in [6.07, 6.45) is 3.17. The lowest BCUT2D eigenvalue weighted by atomic mass is 10.2. The maximum atomic E-state index is 10.9. The van der Waals surface area contributed by atoms with Gasteiger partial charge in [-0.1, -0.05) is 11.2 Å². The fraction of sp³-hybridized carbons (Fsp3) is 0.0833. The van der Waals surface area contributed by atoms with E-state index in [1.54, 1.807) is 18.2 Å². The topological polar surface area (TPSA) is 89.4 Å². The molecule has 1 heterocycles. The van der Waals surface area contributed by atoms with Gasteiger partial charge in [-0.25, -0.2) is 0 Å². The molecule has 2 rings (SSSR count). The van der Waals surface area contributed by atoms with Crippen LogP contribution in [-0.4, -0.2) is 15.2 Å². The van der Waals surface area contributed by atoms with Gasteiger partial charge in [0.05, 0.1) is 12.1 Å². The van der Waals surface area contributed by atoms with Gasteiger partial charge in [-0.15, -0.1) is 0 Å². The van der Waals surface area contributed by atoms with Crippen molar-refractivity contribution in [1.29, 1.82) is 0 Å². The number of aromatic nitrogens is 1. The number of phenolic OH excluding ortho intramolecular Hbond substituents is 1. The fourth-order valence-corrected chi connectivity index (χ4v) is 3.38. The number of phenols is 1. The first-order valence-electron chi connectivity index (χ1n) is 5.37. The van der Waals surface area contributed by atoms with Gasteiger partial charge >= 0.3 is 5.69 Å². The number of nitro groups is 1. The molecule has 0 radical (unpaired) electrons. The molecule has 1 aromatic heterocycles. The van der Waals surface area contributed by atoms with Crippen LogP contribution in [0.1, 0.15) is 17.0 Å². The highest BCUT2D eigenvalue weighted by Crippen LogP contribution is 2.29. The maximum absolute atomic E-state index is 10.9. The smallest absolute Gasteiger partial charge is 0.338 e. The van der Waals surface area contributed by atoms with Gasteiger partial charge < -0.3 is 9.63 Å². The van der Waals surface area contributed by atoms with Gasteiger partial charge in [-0.3, -0.25) is 10.1 Å². The normalized spacial score (nSPS) is 11.2. The highest BCUT2D eigenvalue weighted by Gasteiger charge is 2.21. The summed E-state index contributed by atoms with van der Waals surface area (Å²) in [6, 6.07) is 3.53. The molecule has 0 atom stereocenters. The van der Waals surface area contributed by atoms with Crippen LogP contribution in [0.5, 0.6) is 5.75 Å². The largest absolute Gasteiger partial charge is 0.506 e. The predicted octanol–water partition coefficient (Wildman–Crippen LogP) is 3.98. The van der Waals surface area contributed by atoms with Crippen molar-refractivity contribution < 1.29 is 14.6 Å². The zero-order chi connectivity index (χ0) is 14.9. The fourth-order valence-electron chi connectivity index (χ4n) is 1.57. The summed E-state index contributed by atoms with van der Waals surface area (Å²) >= 11 is 4.04. The molecule has 2 aromatic rings. The molecule has 0 fully saturated rings. The number of nitrogens with zero attached hydrogens (tertiary/aromatic N) is 2. The van der Waals surface area contributed by atoms with Gasteiger partial charge in [0.15, 0.2) is 5.69 Å². The first kappa shape index (κ1) is 15.2. The van der Waals surface area contributed by atoms with Crippen molar-refractivity contribution in [2.45, 2.75) is 6.92 Å². The lowest BCUT2D eigenvalue weighted by Gasteiger charge is -2.01. The average molecular weight is 498 g/mol. The molecule has 0 saturated heterocycles. The molecule has 0 spiro atoms. The zero-order valence-corrected chi connectivity index (χ0v) is 14.4. The molecule has 1 N–H and O–H groups in total. The third kappa shape index (κ3) is 3.11. The van der Waals surface area contributed by atoms with Crippen LogP contribution in [0, 0.1) is 24.2 Å². The number of rotatable bonds is 3. The predicted molar refractivity (Wildman–Crippen MR) is 90.4 cm³/mol. The van der Waals surface area contributed by atoms with Crippen LogP contribution in [0.25, 0.3) is 12.2 Å². The van der Waals surface area contributed by atoms with Gasteiger partial charge in [0.2, 0.25) is 5.76 Å². The van der Waals surface area contributed by atoms with Crippen molar-refractivity contribution in [2.75, 3.05) is 0 Å². The van der Waals surface area contributed by atoms with Crippen LogP contribution in [0.2, 0.25) is 0 Å². The van der Waals surface area contributed by atoms with E-state index in [0.717, 1.165) is 5.56 Å². The molecular weight excluding hydrogens is 490 g/mol. The van der Waals surface area contributed by atoms with Crippen molar-refractivity contribution >= 4 is 63.0 Å². The van der Waals surface area contributed by atoms with Crippen LogP contribution >= 0.6 is 45.2 Å². The quantitative estimate of drug-likeness (QED) is 0.393. The molecule has 6 nitrogen and oxygen atoms in total. The van der Waals surface area contributed by atoms with E-state index in [1.807, 2.05) is 45.2 Å². The summed E-state index contributed by atoms with van der Waals surface area (Å²) < 4.78 is 6.34. The van der Waals surface area contributed by atoms with Crippen LogP contribution in [0.4, 0.5) is 5.69 Å². The Labute approximate surface area is 141 Å². The minimum absolute atomic E-state index is 0.102. The van der Waals surface area contributed by atoms with Crippen molar-refractivity contribution in [2.24, 2.45) is 0 Å². The zero-order valence-electron chi connectivity index (χ0n) is 10.1. The summed E-state index contributed by atoms with van der Waals surface area (Å²) in [7, 11) is 0. The van der Waals surface area contributed by atoms with E-state index in [1.165, 1.54) is 13.0 Å². The number of aromatic hydroxyl groups is 1. The highest BCUT2D eigenvalue weighted by molar-refractivity contribution is 14.1. The standard InChI is InChI=1S/C12H8I2N2O4/c1-6-11(16(18)19)10(20-15-6)3-2-7-4-8(13)12(17)9(14)5-7/h2-5,17H,1H3/b3-2-. The number of hydrogen-bond donors (Lipinski definition) is 1. The third-order valence-electron chi connectivity index (χ3n) is 2.51. The Morgan fingerprint density at radius 2 is 1.95 bits per heavy atom. The summed E-state index contributed by atoms with van der Waals surface area (Å²) in [5.74, 6) is 0.329. The number of halogens is 2. The molecule has 1 aromatic carbocycles. The molecular formula is C12H8I2N2O4. The molecule has 0 aliphatic heterocycles. The van der Waals surface area contributed by atoms with Crippen molar-refractivity contribution in [3.05, 3.63) is 46.4 Å². The Hall–Kier alpha value is -1.17. The minimum Gasteiger partial charge on any atom is -0.506 e. The second kappa shape index (κ2) is 6.08. The van der Waals surface area contributed by atoms with Gasteiger partial charge in [0, 0.05) is 0 Å². The lowest BCUT2D eigenvalue weighted by molar-refractivity contribution is -0.386. The molecule has 104 valence electrons. The molecule has 0 aliphatic rings. The van der Waals surface area contributed by atoms with Gasteiger partial charge in [0.25, 0.3) is 0 Å². The van der Waals surface area contributed by atoms with Gasteiger partial charge in [-0.05, 0) is 75.9 Å². The second-order valence-corrected chi connectivity index (χ2v) is 6.23. The van der Waals surface area contributed by atoms with E-state index in [4.69, 9.17) is 4.52 Å². The van der Waals surface area contributed by atoms with E-state index in [9.17, 15) is 15.2 Å². The van der Waals surface area contributed by atoms with Crippen molar-refractivity contribution in [3.63, 3.8) is 0 Å². The Morgan fingerprint density at radius 3 is 2.50 bits per heavy atom. The Balaban J connectivity index is 2.37. The number of hydrogen-bond acceptors (Lipinski definition) is 5. The van der Waals surface area contributed by atoms with Gasteiger partial charge in [0.1, 0.15) is 5.75 Å². The Morgan fingerprint density at radius 1 is 1.35 bits per heavy atom. The van der Waals surface area contributed by atoms with Crippen LogP contribution in [0.3, 0.4) is 0 Å². The van der Waals surface area contributed by atoms with E-state index < -0.39 is 4.92 Å². The maximum Gasteiger partial charge on any atom is 0.338 e. The van der Waals surface area contributed by atoms with E-state index in [2.05, 4.69) is 5.16 Å². The monoisotopic (exact) mass is 498 g/mol. The van der Waals surface area contributed by atoms with Crippen molar-refractivity contribution in [3.8, 4) is 5.75 Å². The number of benzene rings is 1. The molecule has 20 heavy (non-hydrogen) atoms. The molecule has 8 heteroatoms. The summed E-state index contributed by atoms with van der Waals surface area (Å²) in [6.45, 7) is 1.52. The Bertz CT molecular complexity index is 686. The minimum atomic E-state index is -0.518. The van der Waals surface area contributed by atoms with E-state index in [-0.39, 0.29) is 22.9 Å². The van der Waals surface area contributed by atoms with Crippen LogP contribution < -0.4 is 0 Å². The highest BCUT2D eigenvalue weighted by atomic mass is 127. The summed E-state index contributed by atoms with van der Waals surface area (Å²) in [5, 5.41) is 24.2. The molecule has 0 saturated carbocycles.